The van der Waals surface area contributed by atoms with E-state index in [1.807, 2.05) is 48.5 Å². The number of ether oxygens (including phenoxy) is 2. The van der Waals surface area contributed by atoms with E-state index in [1.165, 1.54) is 0 Å². The van der Waals surface area contributed by atoms with Crippen LogP contribution in [0.5, 0.6) is 5.75 Å². The second-order valence-corrected chi connectivity index (χ2v) is 12.6. The number of nitrogens with zero attached hydrogens (tertiary/aromatic N) is 1. The Labute approximate surface area is 272 Å². The number of carbonyl (C=O) groups is 5. The average Bonchev–Trinajstić information content (AvgIpc) is 3.88. The SMILES string of the molecule is COc1cccc2[nH]c(C(=O)N3C[C@@H]4CCC[C@@H]4[C@H]3C(=O)NC(C[C@@H]3CCNC3=O)C(=O)C(=O)NCCOCc3ccccc3)cc12. The lowest BCUT2D eigenvalue weighted by Gasteiger charge is -2.29. The summed E-state index contributed by atoms with van der Waals surface area (Å²) in [7, 11) is 1.57. The Balaban J connectivity index is 1.15. The first-order valence-electron chi connectivity index (χ1n) is 16.3. The number of H-pyrrole nitrogens is 1. The minimum Gasteiger partial charge on any atom is -0.496 e. The van der Waals surface area contributed by atoms with E-state index in [-0.39, 0.29) is 43.2 Å². The number of hydrogen-bond acceptors (Lipinski definition) is 7. The summed E-state index contributed by atoms with van der Waals surface area (Å²) in [5.41, 5.74) is 2.07. The molecule has 4 amide bonds. The van der Waals surface area contributed by atoms with Gasteiger partial charge in [0.15, 0.2) is 0 Å². The molecule has 3 aromatic rings. The maximum absolute atomic E-state index is 14.1. The number of aromatic nitrogens is 1. The molecule has 5 atom stereocenters. The van der Waals surface area contributed by atoms with Crippen molar-refractivity contribution in [3.05, 3.63) is 65.9 Å². The molecule has 4 N–H and O–H groups in total. The number of fused-ring (bicyclic) bond motifs is 2. The number of nitrogens with one attached hydrogen (secondary N) is 4. The van der Waals surface area contributed by atoms with E-state index in [0.717, 1.165) is 35.7 Å². The molecule has 6 rings (SSSR count). The van der Waals surface area contributed by atoms with Gasteiger partial charge in [-0.15, -0.1) is 0 Å². The van der Waals surface area contributed by atoms with Gasteiger partial charge in [-0.3, -0.25) is 24.0 Å². The molecule has 2 saturated heterocycles. The summed E-state index contributed by atoms with van der Waals surface area (Å²) >= 11 is 0. The smallest absolute Gasteiger partial charge is 0.289 e. The molecule has 0 bridgehead atoms. The quantitative estimate of drug-likeness (QED) is 0.164. The topological polar surface area (TPSA) is 159 Å². The number of rotatable bonds is 13. The van der Waals surface area contributed by atoms with E-state index in [9.17, 15) is 24.0 Å². The number of likely N-dealkylation sites (tertiary alicyclic amines) is 1. The molecule has 3 fully saturated rings. The van der Waals surface area contributed by atoms with Crippen LogP contribution in [0.1, 0.15) is 48.2 Å². The van der Waals surface area contributed by atoms with Crippen LogP contribution >= 0.6 is 0 Å². The predicted molar refractivity (Wildman–Crippen MR) is 172 cm³/mol. The maximum Gasteiger partial charge on any atom is 0.289 e. The highest BCUT2D eigenvalue weighted by Gasteiger charge is 2.50. The molecule has 12 nitrogen and oxygen atoms in total. The van der Waals surface area contributed by atoms with Crippen LogP contribution in [0.4, 0.5) is 0 Å². The van der Waals surface area contributed by atoms with Gasteiger partial charge in [-0.1, -0.05) is 42.8 Å². The van der Waals surface area contributed by atoms with Crippen LogP contribution in [0, 0.1) is 17.8 Å². The van der Waals surface area contributed by atoms with Crippen LogP contribution < -0.4 is 20.7 Å². The Kier molecular flexibility index (Phi) is 9.86. The zero-order chi connectivity index (χ0) is 32.9. The van der Waals surface area contributed by atoms with Gasteiger partial charge >= 0.3 is 0 Å². The molecule has 2 aromatic carbocycles. The van der Waals surface area contributed by atoms with Crippen molar-refractivity contribution in [3.63, 3.8) is 0 Å². The van der Waals surface area contributed by atoms with Gasteiger partial charge in [0.2, 0.25) is 17.6 Å². The van der Waals surface area contributed by atoms with Crippen LogP contribution in [-0.4, -0.2) is 84.7 Å². The summed E-state index contributed by atoms with van der Waals surface area (Å²) in [6, 6.07) is 14.8. The van der Waals surface area contributed by atoms with Gasteiger partial charge in [-0.25, -0.2) is 0 Å². The number of aromatic amines is 1. The fourth-order valence-electron chi connectivity index (χ4n) is 7.32. The summed E-state index contributed by atoms with van der Waals surface area (Å²) in [6.07, 6.45) is 3.11. The van der Waals surface area contributed by atoms with E-state index in [2.05, 4.69) is 20.9 Å². The molecule has 47 heavy (non-hydrogen) atoms. The van der Waals surface area contributed by atoms with Gasteiger partial charge in [0, 0.05) is 36.5 Å². The van der Waals surface area contributed by atoms with Crippen LogP contribution in [-0.2, 0) is 30.5 Å². The van der Waals surface area contributed by atoms with Crippen molar-refractivity contribution in [2.45, 2.75) is 50.8 Å². The molecular formula is C35H41N5O7. The minimum atomic E-state index is -1.23. The van der Waals surface area contributed by atoms with E-state index in [0.29, 0.717) is 37.6 Å². The lowest BCUT2D eigenvalue weighted by Crippen LogP contribution is -2.55. The molecule has 3 heterocycles. The molecule has 0 spiro atoms. The Morgan fingerprint density at radius 2 is 1.87 bits per heavy atom. The number of benzene rings is 2. The van der Waals surface area contributed by atoms with Gasteiger partial charge in [0.05, 0.1) is 26.4 Å². The first-order chi connectivity index (χ1) is 22.8. The second kappa shape index (κ2) is 14.4. The van der Waals surface area contributed by atoms with Gasteiger partial charge in [-0.05, 0) is 61.3 Å². The Hall–Kier alpha value is -4.71. The molecule has 248 valence electrons. The maximum atomic E-state index is 14.1. The number of ketones is 1. The number of amides is 4. The van der Waals surface area contributed by atoms with E-state index >= 15 is 0 Å². The van der Waals surface area contributed by atoms with Crippen LogP contribution in [0.15, 0.2) is 54.6 Å². The molecule has 1 saturated carbocycles. The highest BCUT2D eigenvalue weighted by molar-refractivity contribution is 6.38. The van der Waals surface area contributed by atoms with Gasteiger partial charge < -0.3 is 35.3 Å². The van der Waals surface area contributed by atoms with Crippen molar-refractivity contribution in [1.29, 1.82) is 0 Å². The normalized spacial score (nSPS) is 22.5. The Morgan fingerprint density at radius 3 is 2.64 bits per heavy atom. The molecule has 0 radical (unpaired) electrons. The third kappa shape index (κ3) is 7.02. The number of hydrogen-bond donors (Lipinski definition) is 4. The summed E-state index contributed by atoms with van der Waals surface area (Å²) in [4.78, 5) is 71.8. The fourth-order valence-corrected chi connectivity index (χ4v) is 7.32. The lowest BCUT2D eigenvalue weighted by molar-refractivity contribution is -0.141. The zero-order valence-electron chi connectivity index (χ0n) is 26.5. The van der Waals surface area contributed by atoms with Crippen LogP contribution in [0.25, 0.3) is 10.9 Å². The third-order valence-corrected chi connectivity index (χ3v) is 9.68. The summed E-state index contributed by atoms with van der Waals surface area (Å²) in [5, 5.41) is 8.93. The fraction of sp³-hybridized carbons (Fsp3) is 0.457. The summed E-state index contributed by atoms with van der Waals surface area (Å²) in [6.45, 7) is 1.54. The Morgan fingerprint density at radius 1 is 1.04 bits per heavy atom. The Bertz CT molecular complexity index is 1640. The third-order valence-electron chi connectivity index (χ3n) is 9.68. The monoisotopic (exact) mass is 643 g/mol. The molecule has 1 unspecified atom stereocenters. The van der Waals surface area contributed by atoms with Crippen molar-refractivity contribution >= 4 is 40.3 Å². The van der Waals surface area contributed by atoms with Crippen molar-refractivity contribution in [2.24, 2.45) is 17.8 Å². The van der Waals surface area contributed by atoms with E-state index in [1.54, 1.807) is 18.1 Å². The molecule has 12 heteroatoms. The lowest BCUT2D eigenvalue weighted by atomic mass is 9.91. The van der Waals surface area contributed by atoms with Gasteiger partial charge in [0.25, 0.3) is 11.8 Å². The highest BCUT2D eigenvalue weighted by Crippen LogP contribution is 2.43. The number of Topliss-reactive ketones (excluding diaryl/α,β-unsaturated/α-hetero) is 1. The van der Waals surface area contributed by atoms with Gasteiger partial charge in [-0.2, -0.15) is 0 Å². The van der Waals surface area contributed by atoms with Crippen molar-refractivity contribution in [1.82, 2.24) is 25.8 Å². The summed E-state index contributed by atoms with van der Waals surface area (Å²) in [5.74, 6) is -2.51. The average molecular weight is 644 g/mol. The van der Waals surface area contributed by atoms with Crippen LogP contribution in [0.3, 0.4) is 0 Å². The molecule has 1 aromatic heterocycles. The van der Waals surface area contributed by atoms with Crippen molar-refractivity contribution in [3.8, 4) is 5.75 Å². The molecule has 1 aliphatic carbocycles. The van der Waals surface area contributed by atoms with Crippen molar-refractivity contribution < 1.29 is 33.4 Å². The first-order valence-corrected chi connectivity index (χ1v) is 16.3. The molecule has 3 aliphatic rings. The van der Waals surface area contributed by atoms with Crippen LogP contribution in [0.2, 0.25) is 0 Å². The van der Waals surface area contributed by atoms with E-state index < -0.39 is 35.6 Å². The molecule has 2 aliphatic heterocycles. The second-order valence-electron chi connectivity index (χ2n) is 12.6. The van der Waals surface area contributed by atoms with Gasteiger partial charge in [0.1, 0.15) is 17.5 Å². The molecular weight excluding hydrogens is 602 g/mol. The van der Waals surface area contributed by atoms with Crippen molar-refractivity contribution in [2.75, 3.05) is 33.4 Å². The number of methoxy groups -OCH3 is 1. The first kappa shape index (κ1) is 32.2. The minimum absolute atomic E-state index is 0.00902. The largest absolute Gasteiger partial charge is 0.496 e. The highest BCUT2D eigenvalue weighted by atomic mass is 16.5. The summed E-state index contributed by atoms with van der Waals surface area (Å²) < 4.78 is 11.1. The standard InChI is InChI=1S/C35H41N5O7/c1-46-29-12-6-11-26-25(29)18-28(38-26)35(45)40-19-23-9-5-10-24(23)30(40)33(43)39-27(17-22-13-14-36-32(22)42)31(41)34(44)37-15-16-47-20-21-7-3-2-4-8-21/h2-4,6-8,11-12,18,22-24,27,30,38H,5,9-10,13-17,19-20H2,1H3,(H,36,42)(H,37,44)(H,39,43)/t22-,23-,24-,27?,30-/m0/s1. The number of carbonyl (C=O) groups excluding carboxylic acids is 5. The zero-order valence-corrected chi connectivity index (χ0v) is 26.5. The van der Waals surface area contributed by atoms with E-state index in [4.69, 9.17) is 9.47 Å². The predicted octanol–water partition coefficient (Wildman–Crippen LogP) is 2.33.